The van der Waals surface area contributed by atoms with E-state index in [1.54, 1.807) is 11.8 Å². The lowest BCUT2D eigenvalue weighted by Crippen LogP contribution is -2.13. The van der Waals surface area contributed by atoms with Gasteiger partial charge in [0.1, 0.15) is 0 Å². The fourth-order valence-electron chi connectivity index (χ4n) is 1.58. The predicted molar refractivity (Wildman–Crippen MR) is 66.0 cm³/mol. The van der Waals surface area contributed by atoms with Crippen molar-refractivity contribution in [2.75, 3.05) is 12.8 Å². The second kappa shape index (κ2) is 4.60. The standard InChI is InChI=1S/C11H15NS2/c1-8-7-12-11(14-8)9-3-5-10(13-2)6-4-9/h3-6,8,11-12H,7H2,1-2H3. The fourth-order valence-corrected chi connectivity index (χ4v) is 3.15. The monoisotopic (exact) mass is 225 g/mol. The summed E-state index contributed by atoms with van der Waals surface area (Å²) in [6.07, 6.45) is 2.11. The van der Waals surface area contributed by atoms with E-state index >= 15 is 0 Å². The van der Waals surface area contributed by atoms with Gasteiger partial charge in [-0.2, -0.15) is 0 Å². The first kappa shape index (κ1) is 10.4. The quantitative estimate of drug-likeness (QED) is 0.777. The van der Waals surface area contributed by atoms with E-state index in [1.807, 2.05) is 11.8 Å². The molecule has 0 radical (unpaired) electrons. The molecular weight excluding hydrogens is 210 g/mol. The number of benzene rings is 1. The van der Waals surface area contributed by atoms with E-state index in [2.05, 4.69) is 42.8 Å². The molecule has 1 aromatic rings. The average molecular weight is 225 g/mol. The minimum Gasteiger partial charge on any atom is -0.301 e. The van der Waals surface area contributed by atoms with Crippen molar-refractivity contribution >= 4 is 23.5 Å². The molecule has 76 valence electrons. The molecule has 1 aliphatic heterocycles. The third kappa shape index (κ3) is 2.27. The van der Waals surface area contributed by atoms with Gasteiger partial charge in [-0.05, 0) is 24.0 Å². The summed E-state index contributed by atoms with van der Waals surface area (Å²) >= 11 is 3.81. The number of thioether (sulfide) groups is 2. The van der Waals surface area contributed by atoms with Gasteiger partial charge in [-0.25, -0.2) is 0 Å². The summed E-state index contributed by atoms with van der Waals surface area (Å²) in [6, 6.07) is 8.86. The van der Waals surface area contributed by atoms with Crippen LogP contribution in [0.3, 0.4) is 0 Å². The van der Waals surface area contributed by atoms with Crippen LogP contribution in [-0.2, 0) is 0 Å². The highest BCUT2D eigenvalue weighted by Gasteiger charge is 2.22. The number of nitrogens with one attached hydrogen (secondary N) is 1. The zero-order valence-electron chi connectivity index (χ0n) is 8.49. The molecule has 2 rings (SSSR count). The Bertz CT molecular complexity index is 297. The fraction of sp³-hybridized carbons (Fsp3) is 0.455. The van der Waals surface area contributed by atoms with Gasteiger partial charge in [-0.1, -0.05) is 19.1 Å². The SMILES string of the molecule is CSc1ccc(C2NCC(C)S2)cc1. The molecular formula is C11H15NS2. The maximum absolute atomic E-state index is 3.52. The van der Waals surface area contributed by atoms with Crippen LogP contribution in [0.15, 0.2) is 29.2 Å². The van der Waals surface area contributed by atoms with Crippen LogP contribution in [0.2, 0.25) is 0 Å². The topological polar surface area (TPSA) is 12.0 Å². The van der Waals surface area contributed by atoms with Crippen molar-refractivity contribution in [3.8, 4) is 0 Å². The molecule has 0 saturated carbocycles. The van der Waals surface area contributed by atoms with Crippen molar-refractivity contribution in [1.82, 2.24) is 5.32 Å². The summed E-state index contributed by atoms with van der Waals surface area (Å²) in [5.74, 6) is 0. The van der Waals surface area contributed by atoms with Crippen LogP contribution in [0.1, 0.15) is 17.9 Å². The van der Waals surface area contributed by atoms with Crippen LogP contribution >= 0.6 is 23.5 Å². The number of hydrogen-bond acceptors (Lipinski definition) is 3. The second-order valence-corrected chi connectivity index (χ2v) is 5.94. The van der Waals surface area contributed by atoms with E-state index in [4.69, 9.17) is 0 Å². The summed E-state index contributed by atoms with van der Waals surface area (Å²) in [5, 5.41) is 4.75. The zero-order chi connectivity index (χ0) is 9.97. The molecule has 1 heterocycles. The van der Waals surface area contributed by atoms with E-state index in [0.717, 1.165) is 11.8 Å². The average Bonchev–Trinajstić information content (AvgIpc) is 2.65. The lowest BCUT2D eigenvalue weighted by Gasteiger charge is -2.10. The lowest BCUT2D eigenvalue weighted by atomic mass is 10.2. The molecule has 0 aromatic heterocycles. The van der Waals surface area contributed by atoms with Crippen molar-refractivity contribution in [1.29, 1.82) is 0 Å². The van der Waals surface area contributed by atoms with Crippen molar-refractivity contribution in [2.24, 2.45) is 0 Å². The highest BCUT2D eigenvalue weighted by molar-refractivity contribution is 8.00. The van der Waals surface area contributed by atoms with Gasteiger partial charge in [0.05, 0.1) is 5.37 Å². The van der Waals surface area contributed by atoms with E-state index < -0.39 is 0 Å². The third-order valence-corrected chi connectivity index (χ3v) is 4.46. The van der Waals surface area contributed by atoms with Gasteiger partial charge >= 0.3 is 0 Å². The predicted octanol–water partition coefficient (Wildman–Crippen LogP) is 3.13. The van der Waals surface area contributed by atoms with Crippen molar-refractivity contribution in [3.05, 3.63) is 29.8 Å². The van der Waals surface area contributed by atoms with Crippen LogP contribution < -0.4 is 5.32 Å². The smallest absolute Gasteiger partial charge is 0.0792 e. The largest absolute Gasteiger partial charge is 0.301 e. The highest BCUT2D eigenvalue weighted by Crippen LogP contribution is 2.34. The molecule has 1 aliphatic rings. The Hall–Kier alpha value is -0.120. The Balaban J connectivity index is 2.09. The Morgan fingerprint density at radius 2 is 2.07 bits per heavy atom. The molecule has 14 heavy (non-hydrogen) atoms. The van der Waals surface area contributed by atoms with Crippen LogP contribution in [-0.4, -0.2) is 18.1 Å². The summed E-state index contributed by atoms with van der Waals surface area (Å²) in [6.45, 7) is 3.40. The minimum absolute atomic E-state index is 0.501. The molecule has 1 fully saturated rings. The summed E-state index contributed by atoms with van der Waals surface area (Å²) in [7, 11) is 0. The molecule has 1 aromatic carbocycles. The van der Waals surface area contributed by atoms with Gasteiger partial charge in [0.15, 0.2) is 0 Å². The number of hydrogen-bond donors (Lipinski definition) is 1. The van der Waals surface area contributed by atoms with Crippen LogP contribution in [0, 0.1) is 0 Å². The van der Waals surface area contributed by atoms with Gasteiger partial charge in [0.25, 0.3) is 0 Å². The Morgan fingerprint density at radius 1 is 1.36 bits per heavy atom. The van der Waals surface area contributed by atoms with Gasteiger partial charge < -0.3 is 5.32 Å². The maximum atomic E-state index is 3.52. The first-order valence-corrected chi connectivity index (χ1v) is 6.99. The van der Waals surface area contributed by atoms with E-state index in [0.29, 0.717) is 5.37 Å². The van der Waals surface area contributed by atoms with Crippen LogP contribution in [0.5, 0.6) is 0 Å². The van der Waals surface area contributed by atoms with E-state index in [-0.39, 0.29) is 0 Å². The molecule has 0 bridgehead atoms. The maximum Gasteiger partial charge on any atom is 0.0792 e. The van der Waals surface area contributed by atoms with Crippen LogP contribution in [0.25, 0.3) is 0 Å². The van der Waals surface area contributed by atoms with Gasteiger partial charge in [0, 0.05) is 16.7 Å². The molecule has 2 unspecified atom stereocenters. The van der Waals surface area contributed by atoms with Crippen molar-refractivity contribution in [2.45, 2.75) is 22.4 Å². The van der Waals surface area contributed by atoms with E-state index in [9.17, 15) is 0 Å². The molecule has 0 aliphatic carbocycles. The van der Waals surface area contributed by atoms with Crippen LogP contribution in [0.4, 0.5) is 0 Å². The van der Waals surface area contributed by atoms with Gasteiger partial charge in [-0.15, -0.1) is 23.5 Å². The lowest BCUT2D eigenvalue weighted by molar-refractivity contribution is 0.717. The Labute approximate surface area is 94.0 Å². The number of rotatable bonds is 2. The summed E-state index contributed by atoms with van der Waals surface area (Å²) in [5.41, 5.74) is 1.40. The second-order valence-electron chi connectivity index (χ2n) is 3.51. The van der Waals surface area contributed by atoms with Gasteiger partial charge in [0.2, 0.25) is 0 Å². The van der Waals surface area contributed by atoms with E-state index in [1.165, 1.54) is 10.5 Å². The molecule has 1 saturated heterocycles. The Morgan fingerprint density at radius 3 is 2.57 bits per heavy atom. The Kier molecular flexibility index (Phi) is 3.42. The van der Waals surface area contributed by atoms with Crippen molar-refractivity contribution < 1.29 is 0 Å². The molecule has 1 N–H and O–H groups in total. The molecule has 0 spiro atoms. The molecule has 3 heteroatoms. The minimum atomic E-state index is 0.501. The molecule has 0 amide bonds. The zero-order valence-corrected chi connectivity index (χ0v) is 10.1. The highest BCUT2D eigenvalue weighted by atomic mass is 32.2. The normalized spacial score (nSPS) is 26.7. The first-order valence-electron chi connectivity index (χ1n) is 4.82. The third-order valence-electron chi connectivity index (χ3n) is 2.38. The summed E-state index contributed by atoms with van der Waals surface area (Å²) in [4.78, 5) is 1.34. The molecule has 2 atom stereocenters. The molecule has 1 nitrogen and oxygen atoms in total. The first-order chi connectivity index (χ1) is 6.79. The van der Waals surface area contributed by atoms with Gasteiger partial charge in [-0.3, -0.25) is 0 Å². The van der Waals surface area contributed by atoms with Crippen molar-refractivity contribution in [3.63, 3.8) is 0 Å². The summed E-state index contributed by atoms with van der Waals surface area (Å²) < 4.78 is 0.